The molecule has 2 aliphatic heterocycles. The van der Waals surface area contributed by atoms with Crippen LogP contribution in [0.4, 0.5) is 5.69 Å². The van der Waals surface area contributed by atoms with E-state index in [4.69, 9.17) is 0 Å². The number of nitrogens with one attached hydrogen (secondary N) is 1. The molecule has 1 aromatic heterocycles. The second-order valence-electron chi connectivity index (χ2n) is 7.63. The average molecular weight is 448 g/mol. The molecule has 3 heterocycles. The molecule has 160 valence electrons. The first-order chi connectivity index (χ1) is 14.4. The highest BCUT2D eigenvalue weighted by molar-refractivity contribution is 7.89. The fourth-order valence-electron chi connectivity index (χ4n) is 4.15. The minimum absolute atomic E-state index is 0.220. The molecular weight excluding hydrogens is 422 g/mol. The quantitative estimate of drug-likeness (QED) is 0.735. The van der Waals surface area contributed by atoms with Crippen LogP contribution in [-0.2, 0) is 32.5 Å². The number of rotatable bonds is 6. The minimum atomic E-state index is -3.54. The van der Waals surface area contributed by atoms with Crippen molar-refractivity contribution < 1.29 is 18.0 Å². The van der Waals surface area contributed by atoms with Crippen molar-refractivity contribution in [2.75, 3.05) is 24.5 Å². The van der Waals surface area contributed by atoms with Gasteiger partial charge in [-0.2, -0.15) is 4.31 Å². The van der Waals surface area contributed by atoms with E-state index in [9.17, 15) is 18.0 Å². The van der Waals surface area contributed by atoms with Crippen molar-refractivity contribution in [3.05, 3.63) is 46.2 Å². The molecule has 1 N–H and O–H groups in total. The van der Waals surface area contributed by atoms with Crippen molar-refractivity contribution in [3.63, 3.8) is 0 Å². The molecule has 1 saturated heterocycles. The number of nitrogens with zero attached hydrogens (tertiary/aromatic N) is 2. The Bertz CT molecular complexity index is 1040. The van der Waals surface area contributed by atoms with Gasteiger partial charge in [0.1, 0.15) is 6.04 Å². The summed E-state index contributed by atoms with van der Waals surface area (Å²) in [5.41, 5.74) is 1.32. The summed E-state index contributed by atoms with van der Waals surface area (Å²) in [6.45, 7) is 2.99. The van der Waals surface area contributed by atoms with Gasteiger partial charge in [-0.05, 0) is 54.5 Å². The first-order valence-electron chi connectivity index (χ1n) is 10.1. The van der Waals surface area contributed by atoms with Gasteiger partial charge in [-0.1, -0.05) is 6.07 Å². The molecule has 2 amide bonds. The first-order valence-corrected chi connectivity index (χ1v) is 12.4. The van der Waals surface area contributed by atoms with Crippen molar-refractivity contribution in [3.8, 4) is 0 Å². The van der Waals surface area contributed by atoms with Gasteiger partial charge in [0.15, 0.2) is 0 Å². The lowest BCUT2D eigenvalue weighted by Crippen LogP contribution is -2.47. The number of hydrogen-bond donors (Lipinski definition) is 1. The first kappa shape index (κ1) is 21.0. The summed E-state index contributed by atoms with van der Waals surface area (Å²) in [6, 6.07) is 8.15. The van der Waals surface area contributed by atoms with Crippen LogP contribution in [0.25, 0.3) is 0 Å². The summed E-state index contributed by atoms with van der Waals surface area (Å²) in [7, 11) is -3.54. The van der Waals surface area contributed by atoms with Gasteiger partial charge >= 0.3 is 0 Å². The maximum absolute atomic E-state index is 12.9. The maximum Gasteiger partial charge on any atom is 0.243 e. The van der Waals surface area contributed by atoms with Gasteiger partial charge in [0, 0.05) is 43.5 Å². The minimum Gasteiger partial charge on any atom is -0.354 e. The number of sulfonamides is 1. The van der Waals surface area contributed by atoms with Crippen LogP contribution in [0.3, 0.4) is 0 Å². The van der Waals surface area contributed by atoms with Crippen LogP contribution in [-0.4, -0.2) is 50.2 Å². The lowest BCUT2D eigenvalue weighted by atomic mass is 10.1. The van der Waals surface area contributed by atoms with Gasteiger partial charge in [-0.25, -0.2) is 8.42 Å². The van der Waals surface area contributed by atoms with Gasteiger partial charge < -0.3 is 5.32 Å². The van der Waals surface area contributed by atoms with E-state index in [-0.39, 0.29) is 16.7 Å². The molecule has 1 aromatic carbocycles. The van der Waals surface area contributed by atoms with Crippen molar-refractivity contribution in [2.45, 2.75) is 43.5 Å². The van der Waals surface area contributed by atoms with E-state index < -0.39 is 16.1 Å². The third kappa shape index (κ3) is 4.01. The Balaban J connectivity index is 1.52. The normalized spacial score (nSPS) is 19.1. The predicted octanol–water partition coefficient (Wildman–Crippen LogP) is 2.17. The summed E-state index contributed by atoms with van der Waals surface area (Å²) < 4.78 is 27.3. The number of benzene rings is 1. The number of anilines is 1. The highest BCUT2D eigenvalue weighted by Crippen LogP contribution is 2.35. The van der Waals surface area contributed by atoms with Crippen molar-refractivity contribution in [1.82, 2.24) is 9.62 Å². The molecule has 0 bridgehead atoms. The fraction of sp³-hybridized carbons (Fsp3) is 0.429. The molecule has 2 aliphatic rings. The number of hydrogen-bond acceptors (Lipinski definition) is 5. The summed E-state index contributed by atoms with van der Waals surface area (Å²) >= 11 is 1.64. The third-order valence-corrected chi connectivity index (χ3v) is 8.46. The van der Waals surface area contributed by atoms with Gasteiger partial charge in [0.05, 0.1) is 4.90 Å². The molecule has 0 spiro atoms. The van der Waals surface area contributed by atoms with Crippen molar-refractivity contribution >= 4 is 38.9 Å². The average Bonchev–Trinajstić information content (AvgIpc) is 3.46. The van der Waals surface area contributed by atoms with Crippen LogP contribution in [0.5, 0.6) is 0 Å². The molecule has 0 radical (unpaired) electrons. The van der Waals surface area contributed by atoms with E-state index in [2.05, 4.69) is 5.32 Å². The monoisotopic (exact) mass is 447 g/mol. The summed E-state index contributed by atoms with van der Waals surface area (Å²) in [4.78, 5) is 28.0. The molecule has 30 heavy (non-hydrogen) atoms. The van der Waals surface area contributed by atoms with Gasteiger partial charge in [0.2, 0.25) is 21.8 Å². The van der Waals surface area contributed by atoms with Gasteiger partial charge in [0.25, 0.3) is 0 Å². The van der Waals surface area contributed by atoms with Crippen LogP contribution < -0.4 is 10.2 Å². The highest BCUT2D eigenvalue weighted by Gasteiger charge is 2.38. The Morgan fingerprint density at radius 2 is 1.97 bits per heavy atom. The van der Waals surface area contributed by atoms with Crippen LogP contribution in [0.2, 0.25) is 0 Å². The van der Waals surface area contributed by atoms with Crippen molar-refractivity contribution in [1.29, 1.82) is 0 Å². The van der Waals surface area contributed by atoms with Crippen LogP contribution in [0.15, 0.2) is 40.6 Å². The SMILES string of the molecule is CC(=O)N1c2ccc(S(=O)(=O)N3CCCC3)cc2C[C@@H]1C(=O)NCCc1cccs1. The Morgan fingerprint density at radius 3 is 2.63 bits per heavy atom. The molecule has 0 unspecified atom stereocenters. The molecule has 4 rings (SSSR count). The number of carbonyl (C=O) groups excluding carboxylic acids is 2. The highest BCUT2D eigenvalue weighted by atomic mass is 32.2. The van der Waals surface area contributed by atoms with E-state index in [1.165, 1.54) is 21.0 Å². The molecule has 9 heteroatoms. The lowest BCUT2D eigenvalue weighted by Gasteiger charge is -2.23. The summed E-state index contributed by atoms with van der Waals surface area (Å²) in [5.74, 6) is -0.454. The van der Waals surface area contributed by atoms with Crippen LogP contribution in [0.1, 0.15) is 30.2 Å². The largest absolute Gasteiger partial charge is 0.354 e. The summed E-state index contributed by atoms with van der Waals surface area (Å²) in [5, 5.41) is 4.92. The lowest BCUT2D eigenvalue weighted by molar-refractivity contribution is -0.125. The molecule has 7 nitrogen and oxygen atoms in total. The Hall–Kier alpha value is -2.23. The number of carbonyl (C=O) groups is 2. The standard InChI is InChI=1S/C21H25N3O4S2/c1-15(25)24-19-7-6-18(30(27,28)23-10-2-3-11-23)13-16(19)14-20(24)21(26)22-9-8-17-5-4-12-29-17/h4-7,12-13,20H,2-3,8-11,14H2,1H3,(H,22,26)/t20-/m1/s1. The molecule has 0 saturated carbocycles. The molecule has 2 aromatic rings. The second-order valence-corrected chi connectivity index (χ2v) is 10.6. The molecule has 0 aliphatic carbocycles. The fourth-order valence-corrected chi connectivity index (χ4v) is 6.42. The predicted molar refractivity (Wildman–Crippen MR) is 116 cm³/mol. The Labute approximate surface area is 180 Å². The van der Waals surface area contributed by atoms with Crippen molar-refractivity contribution in [2.24, 2.45) is 0 Å². The Morgan fingerprint density at radius 1 is 1.20 bits per heavy atom. The van der Waals surface area contributed by atoms with Crippen LogP contribution >= 0.6 is 11.3 Å². The van der Waals surface area contributed by atoms with E-state index in [0.717, 1.165) is 19.3 Å². The zero-order valence-electron chi connectivity index (χ0n) is 16.8. The smallest absolute Gasteiger partial charge is 0.243 e. The zero-order chi connectivity index (χ0) is 21.3. The van der Waals surface area contributed by atoms with Gasteiger partial charge in [-0.15, -0.1) is 11.3 Å². The number of amides is 2. The number of thiophene rings is 1. The van der Waals surface area contributed by atoms with E-state index in [1.54, 1.807) is 29.5 Å². The van der Waals surface area contributed by atoms with E-state index in [0.29, 0.717) is 37.3 Å². The zero-order valence-corrected chi connectivity index (χ0v) is 18.5. The second kappa shape index (κ2) is 8.49. The van der Waals surface area contributed by atoms with Crippen LogP contribution in [0, 0.1) is 0 Å². The Kier molecular flexibility index (Phi) is 5.95. The van der Waals surface area contributed by atoms with Gasteiger partial charge in [-0.3, -0.25) is 14.5 Å². The topological polar surface area (TPSA) is 86.8 Å². The molecule has 1 atom stereocenters. The van der Waals surface area contributed by atoms with E-state index in [1.807, 2.05) is 17.5 Å². The van der Waals surface area contributed by atoms with E-state index >= 15 is 0 Å². The summed E-state index contributed by atoms with van der Waals surface area (Å²) in [6.07, 6.45) is 2.79. The third-order valence-electron chi connectivity index (χ3n) is 5.63. The molecule has 1 fully saturated rings. The maximum atomic E-state index is 12.9. The number of fused-ring (bicyclic) bond motifs is 1. The molecular formula is C21H25N3O4S2.